The van der Waals surface area contributed by atoms with Crippen molar-refractivity contribution >= 4 is 27.1 Å². The maximum absolute atomic E-state index is 12.2. The van der Waals surface area contributed by atoms with Gasteiger partial charge in [0.05, 0.1) is 17.9 Å². The third-order valence-electron chi connectivity index (χ3n) is 3.25. The molecule has 1 saturated heterocycles. The predicted molar refractivity (Wildman–Crippen MR) is 72.5 cm³/mol. The van der Waals surface area contributed by atoms with Crippen LogP contribution in [-0.4, -0.2) is 43.3 Å². The molecule has 1 fully saturated rings. The summed E-state index contributed by atoms with van der Waals surface area (Å²) in [4.78, 5) is 13.9. The first-order chi connectivity index (χ1) is 8.52. The van der Waals surface area contributed by atoms with Gasteiger partial charge >= 0.3 is 0 Å². The molecule has 1 amide bonds. The van der Waals surface area contributed by atoms with E-state index < -0.39 is 9.84 Å². The van der Waals surface area contributed by atoms with Gasteiger partial charge in [0.25, 0.3) is 0 Å². The topological polar surface area (TPSA) is 54.5 Å². The molecule has 0 aromatic carbocycles. The number of rotatable bonds is 4. The van der Waals surface area contributed by atoms with Gasteiger partial charge in [0.1, 0.15) is 0 Å². The summed E-state index contributed by atoms with van der Waals surface area (Å²) in [6, 6.07) is 1.80. The van der Waals surface area contributed by atoms with Crippen molar-refractivity contribution in [3.8, 4) is 0 Å². The Morgan fingerprint density at radius 1 is 1.56 bits per heavy atom. The number of hydrogen-bond donors (Lipinski definition) is 0. The average Bonchev–Trinajstić information content (AvgIpc) is 2.89. The molecule has 18 heavy (non-hydrogen) atoms. The SMILES string of the molecule is CCN(C(=O)Cc1ccsc1)[C@H]1CCS(=O)(=O)C1. The van der Waals surface area contributed by atoms with E-state index in [1.807, 2.05) is 23.8 Å². The van der Waals surface area contributed by atoms with Gasteiger partial charge in [-0.2, -0.15) is 11.3 Å². The van der Waals surface area contributed by atoms with Gasteiger partial charge < -0.3 is 4.90 Å². The lowest BCUT2D eigenvalue weighted by Gasteiger charge is -2.26. The quantitative estimate of drug-likeness (QED) is 0.839. The van der Waals surface area contributed by atoms with Crippen LogP contribution in [0.2, 0.25) is 0 Å². The molecule has 1 aliphatic rings. The molecule has 1 aromatic heterocycles. The van der Waals surface area contributed by atoms with Gasteiger partial charge in [0.15, 0.2) is 9.84 Å². The van der Waals surface area contributed by atoms with Gasteiger partial charge in [-0.15, -0.1) is 0 Å². The fraction of sp³-hybridized carbons (Fsp3) is 0.583. The predicted octanol–water partition coefficient (Wildman–Crippen LogP) is 1.33. The van der Waals surface area contributed by atoms with Gasteiger partial charge in [-0.05, 0) is 35.7 Å². The first-order valence-corrected chi connectivity index (χ1v) is 8.79. The van der Waals surface area contributed by atoms with Crippen LogP contribution in [0.1, 0.15) is 18.9 Å². The summed E-state index contributed by atoms with van der Waals surface area (Å²) < 4.78 is 22.9. The molecule has 0 bridgehead atoms. The number of sulfone groups is 1. The number of hydrogen-bond acceptors (Lipinski definition) is 4. The molecular formula is C12H17NO3S2. The van der Waals surface area contributed by atoms with Crippen LogP contribution in [0.3, 0.4) is 0 Å². The van der Waals surface area contributed by atoms with Crippen molar-refractivity contribution in [3.05, 3.63) is 22.4 Å². The molecule has 0 N–H and O–H groups in total. The fourth-order valence-corrected chi connectivity index (χ4v) is 4.73. The molecule has 6 heteroatoms. The second-order valence-electron chi connectivity index (χ2n) is 4.54. The highest BCUT2D eigenvalue weighted by Gasteiger charge is 2.33. The Bertz CT molecular complexity index is 507. The Labute approximate surface area is 112 Å². The van der Waals surface area contributed by atoms with E-state index in [9.17, 15) is 13.2 Å². The summed E-state index contributed by atoms with van der Waals surface area (Å²) in [6.07, 6.45) is 0.944. The van der Waals surface area contributed by atoms with Gasteiger partial charge in [0.2, 0.25) is 5.91 Å². The van der Waals surface area contributed by atoms with Crippen LogP contribution in [0.25, 0.3) is 0 Å². The zero-order valence-electron chi connectivity index (χ0n) is 10.3. The van der Waals surface area contributed by atoms with Crippen molar-refractivity contribution in [3.63, 3.8) is 0 Å². The summed E-state index contributed by atoms with van der Waals surface area (Å²) in [6.45, 7) is 2.47. The van der Waals surface area contributed by atoms with Crippen LogP contribution >= 0.6 is 11.3 Å². The molecule has 0 spiro atoms. The minimum Gasteiger partial charge on any atom is -0.339 e. The average molecular weight is 287 g/mol. The minimum absolute atomic E-state index is 0.0259. The lowest BCUT2D eigenvalue weighted by molar-refractivity contribution is -0.132. The van der Waals surface area contributed by atoms with E-state index in [0.29, 0.717) is 19.4 Å². The zero-order valence-corrected chi connectivity index (χ0v) is 12.0. The van der Waals surface area contributed by atoms with Gasteiger partial charge in [-0.1, -0.05) is 0 Å². The molecule has 0 aliphatic carbocycles. The van der Waals surface area contributed by atoms with E-state index in [2.05, 4.69) is 0 Å². The highest BCUT2D eigenvalue weighted by atomic mass is 32.2. The largest absolute Gasteiger partial charge is 0.339 e. The number of thiophene rings is 1. The molecule has 0 unspecified atom stereocenters. The van der Waals surface area contributed by atoms with Crippen molar-refractivity contribution < 1.29 is 13.2 Å². The smallest absolute Gasteiger partial charge is 0.227 e. The summed E-state index contributed by atoms with van der Waals surface area (Å²) in [5.41, 5.74) is 1.00. The molecule has 1 aliphatic heterocycles. The standard InChI is InChI=1S/C12H17NO3S2/c1-2-13(11-4-6-18(15,16)9-11)12(14)7-10-3-5-17-8-10/h3,5,8,11H,2,4,6-7,9H2,1H3/t11-/m0/s1. The van der Waals surface area contributed by atoms with Crippen molar-refractivity contribution in [2.45, 2.75) is 25.8 Å². The first kappa shape index (κ1) is 13.5. The Morgan fingerprint density at radius 3 is 2.83 bits per heavy atom. The third kappa shape index (κ3) is 3.11. The summed E-state index contributed by atoms with van der Waals surface area (Å²) in [5, 5.41) is 3.90. The molecule has 2 heterocycles. The second kappa shape index (κ2) is 5.40. The maximum atomic E-state index is 12.2. The van der Waals surface area contributed by atoms with Crippen LogP contribution in [0.15, 0.2) is 16.8 Å². The summed E-state index contributed by atoms with van der Waals surface area (Å²) in [7, 11) is -2.94. The van der Waals surface area contributed by atoms with E-state index in [0.717, 1.165) is 5.56 Å². The van der Waals surface area contributed by atoms with Crippen LogP contribution in [0.4, 0.5) is 0 Å². The van der Waals surface area contributed by atoms with Crippen LogP contribution in [-0.2, 0) is 21.1 Å². The normalized spacial score (nSPS) is 21.9. The summed E-state index contributed by atoms with van der Waals surface area (Å²) >= 11 is 1.57. The zero-order chi connectivity index (χ0) is 13.2. The van der Waals surface area contributed by atoms with Crippen LogP contribution in [0.5, 0.6) is 0 Å². The van der Waals surface area contributed by atoms with E-state index in [4.69, 9.17) is 0 Å². The van der Waals surface area contributed by atoms with E-state index in [1.54, 1.807) is 16.2 Å². The molecule has 2 rings (SSSR count). The monoisotopic (exact) mass is 287 g/mol. The van der Waals surface area contributed by atoms with Gasteiger partial charge in [-0.3, -0.25) is 4.79 Å². The Hall–Kier alpha value is -0.880. The van der Waals surface area contributed by atoms with E-state index in [1.165, 1.54) is 0 Å². The van der Waals surface area contributed by atoms with Gasteiger partial charge in [-0.25, -0.2) is 8.42 Å². The highest BCUT2D eigenvalue weighted by molar-refractivity contribution is 7.91. The Morgan fingerprint density at radius 2 is 2.33 bits per heavy atom. The number of carbonyl (C=O) groups excluding carboxylic acids is 1. The third-order valence-corrected chi connectivity index (χ3v) is 5.73. The minimum atomic E-state index is -2.94. The lowest BCUT2D eigenvalue weighted by atomic mass is 10.1. The number of carbonyl (C=O) groups is 1. The Balaban J connectivity index is 2.03. The second-order valence-corrected chi connectivity index (χ2v) is 7.55. The molecular weight excluding hydrogens is 270 g/mol. The Kier molecular flexibility index (Phi) is 4.07. The number of amides is 1. The van der Waals surface area contributed by atoms with Crippen molar-refractivity contribution in [1.82, 2.24) is 4.90 Å². The van der Waals surface area contributed by atoms with E-state index in [-0.39, 0.29) is 23.5 Å². The molecule has 1 atom stereocenters. The fourth-order valence-electron chi connectivity index (χ4n) is 2.33. The summed E-state index contributed by atoms with van der Waals surface area (Å²) in [5.74, 6) is 0.355. The number of nitrogens with zero attached hydrogens (tertiary/aromatic N) is 1. The molecule has 1 aromatic rings. The van der Waals surface area contributed by atoms with Crippen molar-refractivity contribution in [2.24, 2.45) is 0 Å². The molecule has 4 nitrogen and oxygen atoms in total. The van der Waals surface area contributed by atoms with Crippen molar-refractivity contribution in [1.29, 1.82) is 0 Å². The maximum Gasteiger partial charge on any atom is 0.227 e. The molecule has 0 radical (unpaired) electrons. The van der Waals surface area contributed by atoms with Crippen LogP contribution < -0.4 is 0 Å². The lowest BCUT2D eigenvalue weighted by Crippen LogP contribution is -2.41. The highest BCUT2D eigenvalue weighted by Crippen LogP contribution is 2.19. The molecule has 0 saturated carbocycles. The van der Waals surface area contributed by atoms with Crippen LogP contribution in [0, 0.1) is 0 Å². The van der Waals surface area contributed by atoms with Crippen molar-refractivity contribution in [2.75, 3.05) is 18.1 Å². The van der Waals surface area contributed by atoms with Gasteiger partial charge in [0, 0.05) is 12.6 Å². The molecule has 100 valence electrons. The van der Waals surface area contributed by atoms with E-state index >= 15 is 0 Å². The first-order valence-electron chi connectivity index (χ1n) is 6.03. The number of likely N-dealkylation sites (N-methyl/N-ethyl adjacent to an activating group) is 1.